The topological polar surface area (TPSA) is 48.5 Å². The molecule has 2 heterocycles. The normalized spacial score (nSPS) is 31.2. The van der Waals surface area contributed by atoms with Crippen LogP contribution in [0.1, 0.15) is 44.2 Å². The van der Waals surface area contributed by atoms with Crippen molar-refractivity contribution in [1.82, 2.24) is 20.1 Å². The Balaban J connectivity index is 1.27. The Morgan fingerprint density at radius 3 is 2.71 bits per heavy atom. The third kappa shape index (κ3) is 3.14. The van der Waals surface area contributed by atoms with Crippen molar-refractivity contribution in [2.75, 3.05) is 26.2 Å². The molecule has 3 fully saturated rings. The first kappa shape index (κ1) is 15.9. The lowest BCUT2D eigenvalue weighted by atomic mass is 9.93. The molecule has 2 amide bonds. The number of aromatic nitrogens is 1. The molecular weight excluding hydrogens is 300 g/mol. The summed E-state index contributed by atoms with van der Waals surface area (Å²) >= 11 is 0. The van der Waals surface area contributed by atoms with Crippen LogP contribution >= 0.6 is 0 Å². The van der Waals surface area contributed by atoms with Crippen LogP contribution in [0.3, 0.4) is 0 Å². The number of carbonyl (C=O) groups is 1. The molecule has 1 aromatic heterocycles. The number of rotatable bonds is 3. The van der Waals surface area contributed by atoms with Crippen LogP contribution < -0.4 is 5.32 Å². The Hall–Kier alpha value is -1.62. The minimum absolute atomic E-state index is 0.00482. The zero-order valence-electron chi connectivity index (χ0n) is 14.5. The van der Waals surface area contributed by atoms with Gasteiger partial charge >= 0.3 is 6.03 Å². The number of nitrogens with one attached hydrogen (secondary N) is 1. The van der Waals surface area contributed by atoms with Gasteiger partial charge in [-0.2, -0.15) is 0 Å². The van der Waals surface area contributed by atoms with Gasteiger partial charge in [0.25, 0.3) is 0 Å². The highest BCUT2D eigenvalue weighted by atomic mass is 16.2. The number of nitrogens with zero attached hydrogens (tertiary/aromatic N) is 3. The fraction of sp³-hybridized carbons (Fsp3) is 0.684. The average Bonchev–Trinajstić information content (AvgIpc) is 3.26. The molecule has 0 unspecified atom stereocenters. The van der Waals surface area contributed by atoms with E-state index in [1.165, 1.54) is 25.7 Å². The summed E-state index contributed by atoms with van der Waals surface area (Å²) in [5.41, 5.74) is 1.05. The molecule has 0 spiro atoms. The van der Waals surface area contributed by atoms with Crippen molar-refractivity contribution in [1.29, 1.82) is 0 Å². The van der Waals surface area contributed by atoms with E-state index in [2.05, 4.69) is 15.2 Å². The smallest absolute Gasteiger partial charge is 0.317 e. The summed E-state index contributed by atoms with van der Waals surface area (Å²) in [6, 6.07) is 4.76. The minimum atomic E-state index is -0.00482. The maximum absolute atomic E-state index is 12.5. The number of pyridine rings is 1. The first-order valence-electron chi connectivity index (χ1n) is 9.40. The lowest BCUT2D eigenvalue weighted by Gasteiger charge is -2.41. The van der Waals surface area contributed by atoms with Crippen LogP contribution in [0.5, 0.6) is 0 Å². The Kier molecular flexibility index (Phi) is 4.44. The summed E-state index contributed by atoms with van der Waals surface area (Å²) in [6.07, 6.45) is 9.31. The summed E-state index contributed by atoms with van der Waals surface area (Å²) in [4.78, 5) is 21.3. The molecule has 5 heteroatoms. The maximum atomic E-state index is 12.5. The van der Waals surface area contributed by atoms with Gasteiger partial charge in [-0.1, -0.05) is 12.5 Å². The molecule has 130 valence electrons. The molecule has 2 aliphatic carbocycles. The van der Waals surface area contributed by atoms with Gasteiger partial charge in [-0.05, 0) is 49.7 Å². The number of fused-ring (bicyclic) bond motifs is 2. The van der Waals surface area contributed by atoms with Crippen LogP contribution in [0.2, 0.25) is 0 Å². The molecule has 2 saturated carbocycles. The first-order valence-corrected chi connectivity index (χ1v) is 9.40. The molecule has 0 radical (unpaired) electrons. The monoisotopic (exact) mass is 328 g/mol. The van der Waals surface area contributed by atoms with Crippen LogP contribution in [-0.2, 0) is 0 Å². The van der Waals surface area contributed by atoms with Crippen LogP contribution in [0.15, 0.2) is 24.5 Å². The van der Waals surface area contributed by atoms with Gasteiger partial charge in [-0.3, -0.25) is 9.88 Å². The highest BCUT2D eigenvalue weighted by Crippen LogP contribution is 2.46. The molecule has 1 N–H and O–H groups in total. The highest BCUT2D eigenvalue weighted by Gasteiger charge is 2.42. The standard InChI is InChI=1S/C19H28N4O/c1-14(17-3-2-6-20-13-17)21-19(24)23-9-7-22(8-10-23)18-12-15-4-5-16(18)11-15/h2-3,6,13-16,18H,4-5,7-12H2,1H3,(H,21,24)/t14-,15-,16-,18+/m0/s1. The van der Waals surface area contributed by atoms with Crippen molar-refractivity contribution in [3.05, 3.63) is 30.1 Å². The largest absolute Gasteiger partial charge is 0.331 e. The molecule has 4 atom stereocenters. The van der Waals surface area contributed by atoms with Crippen molar-refractivity contribution < 1.29 is 4.79 Å². The Labute approximate surface area is 144 Å². The second-order valence-electron chi connectivity index (χ2n) is 7.72. The van der Waals surface area contributed by atoms with E-state index >= 15 is 0 Å². The second-order valence-corrected chi connectivity index (χ2v) is 7.72. The van der Waals surface area contributed by atoms with Gasteiger partial charge in [0.1, 0.15) is 0 Å². The molecular formula is C19H28N4O. The van der Waals surface area contributed by atoms with Crippen molar-refractivity contribution in [2.24, 2.45) is 11.8 Å². The second kappa shape index (κ2) is 6.71. The average molecular weight is 328 g/mol. The van der Waals surface area contributed by atoms with Crippen molar-refractivity contribution in [3.63, 3.8) is 0 Å². The summed E-state index contributed by atoms with van der Waals surface area (Å²) in [6.45, 7) is 5.77. The van der Waals surface area contributed by atoms with Gasteiger partial charge in [0.15, 0.2) is 0 Å². The molecule has 1 saturated heterocycles. The predicted octanol–water partition coefficient (Wildman–Crippen LogP) is 2.66. The zero-order chi connectivity index (χ0) is 16.5. The molecule has 4 rings (SSSR count). The van der Waals surface area contributed by atoms with Crippen molar-refractivity contribution in [3.8, 4) is 0 Å². The Morgan fingerprint density at radius 2 is 2.08 bits per heavy atom. The van der Waals surface area contributed by atoms with Crippen molar-refractivity contribution in [2.45, 2.75) is 44.7 Å². The van der Waals surface area contributed by atoms with E-state index in [0.29, 0.717) is 0 Å². The quantitative estimate of drug-likeness (QED) is 0.928. The summed E-state index contributed by atoms with van der Waals surface area (Å²) in [7, 11) is 0. The number of piperazine rings is 1. The Bertz CT molecular complexity index is 570. The SMILES string of the molecule is C[C@H](NC(=O)N1CCN([C@@H]2C[C@H]3CC[C@H]2C3)CC1)c1cccnc1. The fourth-order valence-corrected chi connectivity index (χ4v) is 4.91. The van der Waals surface area contributed by atoms with Gasteiger partial charge in [0.2, 0.25) is 0 Å². The minimum Gasteiger partial charge on any atom is -0.331 e. The molecule has 1 aromatic rings. The zero-order valence-corrected chi connectivity index (χ0v) is 14.5. The molecule has 5 nitrogen and oxygen atoms in total. The van der Waals surface area contributed by atoms with E-state index in [4.69, 9.17) is 0 Å². The van der Waals surface area contributed by atoms with Crippen LogP contribution in [0.25, 0.3) is 0 Å². The van der Waals surface area contributed by atoms with Gasteiger partial charge in [-0.25, -0.2) is 4.79 Å². The lowest BCUT2D eigenvalue weighted by molar-refractivity contribution is 0.0821. The third-order valence-corrected chi connectivity index (χ3v) is 6.30. The highest BCUT2D eigenvalue weighted by molar-refractivity contribution is 5.74. The summed E-state index contributed by atoms with van der Waals surface area (Å²) < 4.78 is 0. The Morgan fingerprint density at radius 1 is 1.25 bits per heavy atom. The van der Waals surface area contributed by atoms with Gasteiger partial charge in [0.05, 0.1) is 6.04 Å². The van der Waals surface area contributed by atoms with E-state index in [1.807, 2.05) is 30.2 Å². The van der Waals surface area contributed by atoms with Crippen LogP contribution in [0, 0.1) is 11.8 Å². The first-order chi connectivity index (χ1) is 11.7. The van der Waals surface area contributed by atoms with E-state index in [9.17, 15) is 4.79 Å². The van der Waals surface area contributed by atoms with Crippen molar-refractivity contribution >= 4 is 6.03 Å². The predicted molar refractivity (Wildman–Crippen MR) is 93.6 cm³/mol. The van der Waals surface area contributed by atoms with E-state index in [0.717, 1.165) is 49.6 Å². The third-order valence-electron chi connectivity index (χ3n) is 6.30. The molecule has 3 aliphatic rings. The number of amides is 2. The van der Waals surface area contributed by atoms with Gasteiger partial charge in [-0.15, -0.1) is 0 Å². The molecule has 1 aliphatic heterocycles. The van der Waals surface area contributed by atoms with Crippen LogP contribution in [-0.4, -0.2) is 53.0 Å². The van der Waals surface area contributed by atoms with E-state index in [-0.39, 0.29) is 12.1 Å². The molecule has 24 heavy (non-hydrogen) atoms. The number of hydrogen-bond acceptors (Lipinski definition) is 3. The number of carbonyl (C=O) groups excluding carboxylic acids is 1. The lowest BCUT2D eigenvalue weighted by Crippen LogP contribution is -2.55. The molecule has 0 aromatic carbocycles. The summed E-state index contributed by atoms with van der Waals surface area (Å²) in [5, 5.41) is 3.11. The van der Waals surface area contributed by atoms with Gasteiger partial charge < -0.3 is 10.2 Å². The molecule has 2 bridgehead atoms. The maximum Gasteiger partial charge on any atom is 0.317 e. The van der Waals surface area contributed by atoms with E-state index in [1.54, 1.807) is 6.20 Å². The fourth-order valence-electron chi connectivity index (χ4n) is 4.91. The summed E-state index contributed by atoms with van der Waals surface area (Å²) in [5.74, 6) is 1.92. The van der Waals surface area contributed by atoms with E-state index < -0.39 is 0 Å². The van der Waals surface area contributed by atoms with Gasteiger partial charge in [0, 0.05) is 44.6 Å². The number of hydrogen-bond donors (Lipinski definition) is 1. The van der Waals surface area contributed by atoms with Crippen LogP contribution in [0.4, 0.5) is 4.79 Å². The number of urea groups is 1.